The summed E-state index contributed by atoms with van der Waals surface area (Å²) in [6.45, 7) is 4.41. The Morgan fingerprint density at radius 2 is 1.45 bits per heavy atom. The summed E-state index contributed by atoms with van der Waals surface area (Å²) in [5.74, 6) is -0.562. The van der Waals surface area contributed by atoms with Crippen molar-refractivity contribution in [3.8, 4) is 0 Å². The predicted octanol–water partition coefficient (Wildman–Crippen LogP) is 4.31. The van der Waals surface area contributed by atoms with Gasteiger partial charge in [-0.3, -0.25) is 0 Å². The molecular weight excluding hydrogens is 384 g/mol. The summed E-state index contributed by atoms with van der Waals surface area (Å²) in [7, 11) is 4.09. The van der Waals surface area contributed by atoms with E-state index in [1.807, 2.05) is 31.5 Å². The Bertz CT molecular complexity index is 1100. The summed E-state index contributed by atoms with van der Waals surface area (Å²) >= 11 is 0. The van der Waals surface area contributed by atoms with Crippen molar-refractivity contribution < 1.29 is 10.2 Å². The van der Waals surface area contributed by atoms with Crippen molar-refractivity contribution in [2.45, 2.75) is 31.5 Å². The van der Waals surface area contributed by atoms with E-state index < -0.39 is 12.2 Å². The van der Waals surface area contributed by atoms with Gasteiger partial charge in [-0.15, -0.1) is 0 Å². The first kappa shape index (κ1) is 20.1. The lowest BCUT2D eigenvalue weighted by atomic mass is 9.66. The van der Waals surface area contributed by atoms with Crippen molar-refractivity contribution in [1.29, 1.82) is 0 Å². The molecule has 2 aliphatic heterocycles. The number of benzene rings is 2. The van der Waals surface area contributed by atoms with Crippen molar-refractivity contribution in [2.75, 3.05) is 23.9 Å². The molecule has 1 fully saturated rings. The number of aliphatic hydroxyl groups excluding tert-OH is 2. The number of anilines is 2. The minimum absolute atomic E-state index is 0.163. The zero-order valence-electron chi connectivity index (χ0n) is 18.5. The number of fused-ring (bicyclic) bond motifs is 2. The van der Waals surface area contributed by atoms with E-state index in [0.29, 0.717) is 0 Å². The standard InChI is InChI=1S/C27H30N2O2/c1-27(2)21-10-6-8-12-23(21)29(4)24(27)16-20-25(30)19(26(20)31)15-17-13-14-28(3)22-11-7-5-9-18(17)22/h5-16,19-20,25-26,30-31H,1-4H3. The van der Waals surface area contributed by atoms with Crippen LogP contribution in [0, 0.1) is 11.8 Å². The molecule has 1 aliphatic carbocycles. The van der Waals surface area contributed by atoms with Crippen molar-refractivity contribution in [1.82, 2.24) is 0 Å². The van der Waals surface area contributed by atoms with Gasteiger partial charge in [-0.2, -0.15) is 0 Å². The topological polar surface area (TPSA) is 46.9 Å². The maximum atomic E-state index is 11.0. The molecule has 0 aromatic heterocycles. The molecular formula is C27H30N2O2. The highest BCUT2D eigenvalue weighted by Gasteiger charge is 2.49. The van der Waals surface area contributed by atoms with Gasteiger partial charge in [-0.1, -0.05) is 62.4 Å². The Morgan fingerprint density at radius 1 is 0.839 bits per heavy atom. The normalized spacial score (nSPS) is 31.0. The van der Waals surface area contributed by atoms with Gasteiger partial charge >= 0.3 is 0 Å². The molecule has 2 aromatic carbocycles. The number of aliphatic hydroxyl groups is 2. The Balaban J connectivity index is 1.42. The van der Waals surface area contributed by atoms with Gasteiger partial charge in [0.1, 0.15) is 0 Å². The van der Waals surface area contributed by atoms with Gasteiger partial charge in [0.15, 0.2) is 0 Å². The molecule has 31 heavy (non-hydrogen) atoms. The molecule has 0 bridgehead atoms. The third-order valence-corrected chi connectivity index (χ3v) is 7.31. The zero-order valence-corrected chi connectivity index (χ0v) is 18.5. The Kier molecular flexibility index (Phi) is 4.61. The number of hydrogen-bond acceptors (Lipinski definition) is 4. The van der Waals surface area contributed by atoms with E-state index in [1.165, 1.54) is 11.3 Å². The van der Waals surface area contributed by atoms with Crippen LogP contribution in [-0.2, 0) is 5.41 Å². The fourth-order valence-corrected chi connectivity index (χ4v) is 5.39. The maximum Gasteiger partial charge on any atom is 0.0716 e. The summed E-state index contributed by atoms with van der Waals surface area (Å²) in [6, 6.07) is 16.6. The molecule has 5 rings (SSSR count). The van der Waals surface area contributed by atoms with Gasteiger partial charge in [0.2, 0.25) is 0 Å². The van der Waals surface area contributed by atoms with Crippen LogP contribution < -0.4 is 9.80 Å². The fraction of sp³-hybridized carbons (Fsp3) is 0.333. The van der Waals surface area contributed by atoms with Crippen LogP contribution in [0.2, 0.25) is 0 Å². The second kappa shape index (κ2) is 7.11. The number of rotatable bonds is 2. The lowest BCUT2D eigenvalue weighted by molar-refractivity contribution is -0.110. The second-order valence-corrected chi connectivity index (χ2v) is 9.45. The zero-order chi connectivity index (χ0) is 21.9. The molecule has 2 aromatic rings. The predicted molar refractivity (Wildman–Crippen MR) is 127 cm³/mol. The summed E-state index contributed by atoms with van der Waals surface area (Å²) in [5.41, 5.74) is 6.74. The molecule has 2 heterocycles. The minimum atomic E-state index is -0.608. The molecule has 1 saturated carbocycles. The number of para-hydroxylation sites is 2. The summed E-state index contributed by atoms with van der Waals surface area (Å²) in [6.07, 6.45) is 6.98. The maximum absolute atomic E-state index is 11.0. The van der Waals surface area contributed by atoms with Gasteiger partial charge in [-0.05, 0) is 29.3 Å². The van der Waals surface area contributed by atoms with Gasteiger partial charge in [0.05, 0.1) is 12.2 Å². The first-order valence-electron chi connectivity index (χ1n) is 10.9. The fourth-order valence-electron chi connectivity index (χ4n) is 5.39. The van der Waals surface area contributed by atoms with Gasteiger partial charge in [0, 0.05) is 60.2 Å². The molecule has 0 radical (unpaired) electrons. The Hall–Kier alpha value is -2.82. The van der Waals surface area contributed by atoms with Gasteiger partial charge < -0.3 is 20.0 Å². The van der Waals surface area contributed by atoms with E-state index in [1.54, 1.807) is 0 Å². The molecule has 2 unspecified atom stereocenters. The van der Waals surface area contributed by atoms with E-state index in [0.717, 1.165) is 22.5 Å². The van der Waals surface area contributed by atoms with E-state index in [-0.39, 0.29) is 17.3 Å². The van der Waals surface area contributed by atoms with Crippen LogP contribution >= 0.6 is 0 Å². The molecule has 0 spiro atoms. The number of hydrogen-bond donors (Lipinski definition) is 2. The average molecular weight is 415 g/mol. The summed E-state index contributed by atoms with van der Waals surface area (Å²) < 4.78 is 0. The van der Waals surface area contributed by atoms with Crippen LogP contribution in [0.4, 0.5) is 11.4 Å². The van der Waals surface area contributed by atoms with Crippen LogP contribution in [0.25, 0.3) is 5.57 Å². The molecule has 3 aliphatic rings. The Morgan fingerprint density at radius 3 is 2.16 bits per heavy atom. The third-order valence-electron chi connectivity index (χ3n) is 7.31. The van der Waals surface area contributed by atoms with Crippen LogP contribution in [-0.4, -0.2) is 36.5 Å². The van der Waals surface area contributed by atoms with E-state index in [2.05, 4.69) is 79.2 Å². The van der Waals surface area contributed by atoms with Crippen LogP contribution in [0.1, 0.15) is 25.0 Å². The highest BCUT2D eigenvalue weighted by atomic mass is 16.3. The monoisotopic (exact) mass is 414 g/mol. The van der Waals surface area contributed by atoms with Crippen LogP contribution in [0.5, 0.6) is 0 Å². The van der Waals surface area contributed by atoms with Gasteiger partial charge in [-0.25, -0.2) is 0 Å². The van der Waals surface area contributed by atoms with Gasteiger partial charge in [0.25, 0.3) is 0 Å². The quantitative estimate of drug-likeness (QED) is 0.769. The summed E-state index contributed by atoms with van der Waals surface area (Å²) in [4.78, 5) is 4.28. The van der Waals surface area contributed by atoms with E-state index in [9.17, 15) is 10.2 Å². The lowest BCUT2D eigenvalue weighted by Gasteiger charge is -2.45. The lowest BCUT2D eigenvalue weighted by Crippen LogP contribution is -2.54. The first-order valence-corrected chi connectivity index (χ1v) is 10.9. The van der Waals surface area contributed by atoms with Crippen molar-refractivity contribution in [2.24, 2.45) is 11.8 Å². The SMILES string of the molecule is CN1C=CC(=CC2C(O)C(C=C3N(C)c4ccccc4C3(C)C)C2O)c2ccccc21. The third kappa shape index (κ3) is 2.97. The molecule has 0 saturated heterocycles. The van der Waals surface area contributed by atoms with E-state index >= 15 is 0 Å². The summed E-state index contributed by atoms with van der Waals surface area (Å²) in [5, 5.41) is 22.0. The molecule has 2 atom stereocenters. The molecule has 160 valence electrons. The Labute approximate surface area is 184 Å². The largest absolute Gasteiger partial charge is 0.392 e. The number of likely N-dealkylation sites (N-methyl/N-ethyl adjacent to an activating group) is 1. The molecule has 0 amide bonds. The highest BCUT2D eigenvalue weighted by Crippen LogP contribution is 2.49. The van der Waals surface area contributed by atoms with E-state index in [4.69, 9.17) is 0 Å². The second-order valence-electron chi connectivity index (χ2n) is 9.45. The molecule has 2 N–H and O–H groups in total. The van der Waals surface area contributed by atoms with Crippen molar-refractivity contribution in [3.63, 3.8) is 0 Å². The minimum Gasteiger partial charge on any atom is -0.392 e. The molecule has 4 nitrogen and oxygen atoms in total. The van der Waals surface area contributed by atoms with Crippen molar-refractivity contribution in [3.05, 3.63) is 89.8 Å². The number of nitrogens with zero attached hydrogens (tertiary/aromatic N) is 2. The number of allylic oxidation sites excluding steroid dienone is 3. The molecule has 4 heteroatoms. The smallest absolute Gasteiger partial charge is 0.0716 e. The van der Waals surface area contributed by atoms with Crippen LogP contribution in [0.3, 0.4) is 0 Å². The van der Waals surface area contributed by atoms with Crippen molar-refractivity contribution >= 4 is 16.9 Å². The average Bonchev–Trinajstić information content (AvgIpc) is 2.97. The van der Waals surface area contributed by atoms with Crippen LogP contribution in [0.15, 0.2) is 78.7 Å². The highest BCUT2D eigenvalue weighted by molar-refractivity contribution is 5.86. The first-order chi connectivity index (χ1) is 14.8.